The monoisotopic (exact) mass is 707 g/mol. The number of carbonyl (C=O) groups is 1. The topological polar surface area (TPSA) is 357 Å². The summed E-state index contributed by atoms with van der Waals surface area (Å²) in [5.74, 6) is -0.739. The van der Waals surface area contributed by atoms with Crippen molar-refractivity contribution in [1.29, 1.82) is 0 Å². The summed E-state index contributed by atoms with van der Waals surface area (Å²) in [5, 5.41) is 135. The lowest BCUT2D eigenvalue weighted by Crippen LogP contribution is -2.69. The van der Waals surface area contributed by atoms with Crippen LogP contribution in [0.25, 0.3) is 0 Å². The molecule has 0 radical (unpaired) electrons. The van der Waals surface area contributed by atoms with Crippen molar-refractivity contribution < 1.29 is 104 Å². The molecule has 48 heavy (non-hydrogen) atoms. The molecular weight excluding hydrogens is 662 g/mol. The predicted molar refractivity (Wildman–Crippen MR) is 145 cm³/mol. The first kappa shape index (κ1) is 39.5. The fourth-order valence-corrected chi connectivity index (χ4v) is 5.95. The third-order valence-corrected chi connectivity index (χ3v) is 8.61. The molecular formula is C26H45NO21. The summed E-state index contributed by atoms with van der Waals surface area (Å²) in [4.78, 5) is 12.1. The van der Waals surface area contributed by atoms with E-state index in [2.05, 4.69) is 5.32 Å². The van der Waals surface area contributed by atoms with Crippen LogP contribution in [-0.4, -0.2) is 221 Å². The largest absolute Gasteiger partial charge is 0.394 e. The molecule has 1 amide bonds. The van der Waals surface area contributed by atoms with Crippen LogP contribution in [0.5, 0.6) is 0 Å². The van der Waals surface area contributed by atoms with Crippen molar-refractivity contribution in [2.45, 2.75) is 130 Å². The number of hydrogen-bond acceptors (Lipinski definition) is 21. The van der Waals surface area contributed by atoms with Crippen LogP contribution in [0.1, 0.15) is 6.92 Å². The Kier molecular flexibility index (Phi) is 13.8. The molecule has 4 fully saturated rings. The van der Waals surface area contributed by atoms with Crippen LogP contribution in [0.15, 0.2) is 0 Å². The minimum atomic E-state index is -2.02. The summed E-state index contributed by atoms with van der Waals surface area (Å²) < 4.78 is 38.5. The molecule has 0 aromatic carbocycles. The van der Waals surface area contributed by atoms with E-state index in [9.17, 15) is 71.2 Å². The molecule has 0 aromatic heterocycles. The van der Waals surface area contributed by atoms with Crippen LogP contribution in [0.4, 0.5) is 0 Å². The minimum Gasteiger partial charge on any atom is -0.394 e. The molecule has 4 heterocycles. The average Bonchev–Trinajstić information content (AvgIpc) is 3.06. The first-order chi connectivity index (χ1) is 22.7. The van der Waals surface area contributed by atoms with E-state index in [-0.39, 0.29) is 0 Å². The van der Waals surface area contributed by atoms with Gasteiger partial charge in [-0.3, -0.25) is 4.79 Å². The third kappa shape index (κ3) is 8.08. The zero-order chi connectivity index (χ0) is 35.6. The lowest BCUT2D eigenvalue weighted by molar-refractivity contribution is -0.379. The average molecular weight is 708 g/mol. The van der Waals surface area contributed by atoms with Gasteiger partial charge in [-0.2, -0.15) is 0 Å². The SMILES string of the molecule is CC(=O)N[C@H]1[C@H](O[C@H]2[C@H](O)[C@@H](O)[C@H](O[C@H]3[C@H](O)[C@@H](O)[C@H](O)O[C@@H]3CO)O[C@@H]2CO)O[C@H](CO)[C@@H](O[C@@H]2O[C@H](CO)[C@H](O)[C@H](O)[C@H]2O)[C@@H]1O. The molecule has 0 unspecified atom stereocenters. The van der Waals surface area contributed by atoms with Gasteiger partial charge in [-0.15, -0.1) is 0 Å². The number of rotatable bonds is 11. The molecule has 0 saturated carbocycles. The normalized spacial score (nSPS) is 50.2. The van der Waals surface area contributed by atoms with Crippen molar-refractivity contribution in [3.63, 3.8) is 0 Å². The van der Waals surface area contributed by atoms with Crippen molar-refractivity contribution >= 4 is 5.91 Å². The Hall–Kier alpha value is -1.33. The fraction of sp³-hybridized carbons (Fsp3) is 0.962. The number of ether oxygens (including phenoxy) is 7. The van der Waals surface area contributed by atoms with E-state index < -0.39 is 155 Å². The second-order valence-corrected chi connectivity index (χ2v) is 11.9. The van der Waals surface area contributed by atoms with Gasteiger partial charge in [0.2, 0.25) is 5.91 Å². The van der Waals surface area contributed by atoms with Gasteiger partial charge in [0.05, 0.1) is 26.4 Å². The van der Waals surface area contributed by atoms with Crippen LogP contribution in [0, 0.1) is 0 Å². The number of aliphatic hydroxyl groups excluding tert-OH is 13. The number of hydrogen-bond donors (Lipinski definition) is 14. The van der Waals surface area contributed by atoms with Gasteiger partial charge in [-0.1, -0.05) is 0 Å². The number of amides is 1. The lowest BCUT2D eigenvalue weighted by Gasteiger charge is -2.49. The summed E-state index contributed by atoms with van der Waals surface area (Å²) in [5.41, 5.74) is 0. The highest BCUT2D eigenvalue weighted by atomic mass is 16.8. The van der Waals surface area contributed by atoms with Crippen molar-refractivity contribution in [3.8, 4) is 0 Å². The van der Waals surface area contributed by atoms with Crippen LogP contribution < -0.4 is 5.32 Å². The zero-order valence-electron chi connectivity index (χ0n) is 25.5. The molecule has 20 atom stereocenters. The molecule has 22 nitrogen and oxygen atoms in total. The second kappa shape index (κ2) is 16.8. The van der Waals surface area contributed by atoms with Crippen molar-refractivity contribution in [2.75, 3.05) is 26.4 Å². The molecule has 0 aliphatic carbocycles. The summed E-state index contributed by atoms with van der Waals surface area (Å²) in [6.45, 7) is -2.34. The lowest BCUT2D eigenvalue weighted by atomic mass is 9.94. The van der Waals surface area contributed by atoms with E-state index in [1.54, 1.807) is 0 Å². The molecule has 22 heteroatoms. The standard InChI is InChI=1S/C26H45NO21/c1-6(32)27-11-13(34)20(47-25-18(39)14(35)12(33)7(2-28)43-25)9(4-30)44-24(11)46-22-10(5-31)45-26(19(40)16(22)37)48-21-8(3-29)42-23(41)17(38)15(21)36/h7-26,28-31,33-41H,2-5H2,1H3,(H,27,32)/t7-,8-,9-,10-,11-,12+,13-,14+,15-,16-,17-,18-,19-,20-,21-,22-,23-,24+,25+,26+/m1/s1. The summed E-state index contributed by atoms with van der Waals surface area (Å²) in [7, 11) is 0. The minimum absolute atomic E-state index is 0.739. The van der Waals surface area contributed by atoms with Gasteiger partial charge >= 0.3 is 0 Å². The van der Waals surface area contributed by atoms with Gasteiger partial charge in [0, 0.05) is 6.92 Å². The Labute approximate surface area is 272 Å². The van der Waals surface area contributed by atoms with Gasteiger partial charge in [0.15, 0.2) is 25.2 Å². The van der Waals surface area contributed by atoms with Crippen LogP contribution >= 0.6 is 0 Å². The summed E-state index contributed by atoms with van der Waals surface area (Å²) in [6, 6.07) is -1.58. The molecule has 4 rings (SSSR count). The Morgan fingerprint density at radius 2 is 0.896 bits per heavy atom. The van der Waals surface area contributed by atoms with Crippen molar-refractivity contribution in [3.05, 3.63) is 0 Å². The van der Waals surface area contributed by atoms with Crippen molar-refractivity contribution in [1.82, 2.24) is 5.32 Å². The molecule has 4 aliphatic heterocycles. The van der Waals surface area contributed by atoms with Gasteiger partial charge < -0.3 is 105 Å². The zero-order valence-corrected chi connectivity index (χ0v) is 25.5. The van der Waals surface area contributed by atoms with Gasteiger partial charge in [-0.05, 0) is 0 Å². The van der Waals surface area contributed by atoms with E-state index in [0.717, 1.165) is 6.92 Å². The van der Waals surface area contributed by atoms with E-state index in [1.807, 2.05) is 0 Å². The highest BCUT2D eigenvalue weighted by molar-refractivity contribution is 5.73. The maximum absolute atomic E-state index is 12.1. The highest BCUT2D eigenvalue weighted by Gasteiger charge is 2.55. The molecule has 280 valence electrons. The number of aliphatic hydroxyl groups is 13. The maximum Gasteiger partial charge on any atom is 0.217 e. The predicted octanol–water partition coefficient (Wildman–Crippen LogP) is -9.61. The smallest absolute Gasteiger partial charge is 0.217 e. The number of nitrogens with one attached hydrogen (secondary N) is 1. The highest BCUT2D eigenvalue weighted by Crippen LogP contribution is 2.34. The number of carbonyl (C=O) groups excluding carboxylic acids is 1. The summed E-state index contributed by atoms with van der Waals surface area (Å²) in [6.07, 6.45) is -33.2. The fourth-order valence-electron chi connectivity index (χ4n) is 5.95. The van der Waals surface area contributed by atoms with Gasteiger partial charge in [-0.25, -0.2) is 0 Å². The Morgan fingerprint density at radius 1 is 0.500 bits per heavy atom. The Balaban J connectivity index is 1.51. The Bertz CT molecular complexity index is 1020. The van der Waals surface area contributed by atoms with Gasteiger partial charge in [0.25, 0.3) is 0 Å². The molecule has 4 saturated heterocycles. The summed E-state index contributed by atoms with van der Waals surface area (Å²) >= 11 is 0. The van der Waals surface area contributed by atoms with Crippen LogP contribution in [0.2, 0.25) is 0 Å². The van der Waals surface area contributed by atoms with E-state index >= 15 is 0 Å². The van der Waals surface area contributed by atoms with Crippen LogP contribution in [0.3, 0.4) is 0 Å². The first-order valence-corrected chi connectivity index (χ1v) is 15.1. The third-order valence-electron chi connectivity index (χ3n) is 8.61. The van der Waals surface area contributed by atoms with Gasteiger partial charge in [0.1, 0.15) is 97.6 Å². The van der Waals surface area contributed by atoms with Crippen molar-refractivity contribution in [2.24, 2.45) is 0 Å². The second-order valence-electron chi connectivity index (χ2n) is 11.9. The van der Waals surface area contributed by atoms with Crippen LogP contribution in [-0.2, 0) is 38.0 Å². The first-order valence-electron chi connectivity index (χ1n) is 15.1. The molecule has 0 spiro atoms. The molecule has 4 aliphatic rings. The molecule has 0 aromatic rings. The van der Waals surface area contributed by atoms with E-state index in [0.29, 0.717) is 0 Å². The molecule has 0 bridgehead atoms. The quantitative estimate of drug-likeness (QED) is 0.0947. The maximum atomic E-state index is 12.1. The molecule has 14 N–H and O–H groups in total. The van der Waals surface area contributed by atoms with E-state index in [1.165, 1.54) is 0 Å². The van der Waals surface area contributed by atoms with E-state index in [4.69, 9.17) is 33.2 Å². The Morgan fingerprint density at radius 3 is 1.40 bits per heavy atom.